The SMILES string of the molecule is CCCNCCCCOc1ccc(C(C)C)cc1. The number of hydrogen-bond donors (Lipinski definition) is 1. The van der Waals surface area contributed by atoms with Crippen LogP contribution in [0.4, 0.5) is 0 Å². The third kappa shape index (κ3) is 6.06. The first-order valence-corrected chi connectivity index (χ1v) is 7.17. The van der Waals surface area contributed by atoms with E-state index in [1.54, 1.807) is 0 Å². The minimum Gasteiger partial charge on any atom is -0.494 e. The van der Waals surface area contributed by atoms with Crippen molar-refractivity contribution in [2.75, 3.05) is 19.7 Å². The number of ether oxygens (including phenoxy) is 1. The van der Waals surface area contributed by atoms with E-state index in [1.165, 1.54) is 18.4 Å². The van der Waals surface area contributed by atoms with Crippen LogP contribution in [-0.4, -0.2) is 19.7 Å². The van der Waals surface area contributed by atoms with Gasteiger partial charge in [0.25, 0.3) is 0 Å². The number of rotatable bonds is 9. The number of hydrogen-bond acceptors (Lipinski definition) is 2. The Hall–Kier alpha value is -1.02. The summed E-state index contributed by atoms with van der Waals surface area (Å²) in [4.78, 5) is 0. The van der Waals surface area contributed by atoms with Crippen molar-refractivity contribution in [2.45, 2.75) is 46.0 Å². The Bertz CT molecular complexity index is 305. The molecule has 0 unspecified atom stereocenters. The molecule has 102 valence electrons. The van der Waals surface area contributed by atoms with Gasteiger partial charge in [0.1, 0.15) is 5.75 Å². The predicted molar refractivity (Wildman–Crippen MR) is 78.4 cm³/mol. The maximum atomic E-state index is 5.72. The van der Waals surface area contributed by atoms with Crippen LogP contribution in [-0.2, 0) is 0 Å². The highest BCUT2D eigenvalue weighted by Gasteiger charge is 1.99. The van der Waals surface area contributed by atoms with E-state index in [9.17, 15) is 0 Å². The molecule has 0 saturated carbocycles. The lowest BCUT2D eigenvalue weighted by Crippen LogP contribution is -2.16. The number of benzene rings is 1. The monoisotopic (exact) mass is 249 g/mol. The smallest absolute Gasteiger partial charge is 0.119 e. The molecule has 2 nitrogen and oxygen atoms in total. The second kappa shape index (κ2) is 8.98. The highest BCUT2D eigenvalue weighted by molar-refractivity contribution is 5.28. The summed E-state index contributed by atoms with van der Waals surface area (Å²) >= 11 is 0. The maximum absolute atomic E-state index is 5.72. The van der Waals surface area contributed by atoms with E-state index in [1.807, 2.05) is 0 Å². The molecule has 1 N–H and O–H groups in total. The molecule has 0 bridgehead atoms. The van der Waals surface area contributed by atoms with Crippen LogP contribution in [0.25, 0.3) is 0 Å². The standard InChI is InChI=1S/C16H27NO/c1-4-11-17-12-5-6-13-18-16-9-7-15(8-10-16)14(2)3/h7-10,14,17H,4-6,11-13H2,1-3H3. The molecule has 0 fully saturated rings. The molecule has 0 aromatic heterocycles. The van der Waals surface area contributed by atoms with Crippen LogP contribution in [0.2, 0.25) is 0 Å². The molecule has 18 heavy (non-hydrogen) atoms. The largest absolute Gasteiger partial charge is 0.494 e. The quantitative estimate of drug-likeness (QED) is 0.669. The lowest BCUT2D eigenvalue weighted by molar-refractivity contribution is 0.306. The molecule has 0 aliphatic rings. The summed E-state index contributed by atoms with van der Waals surface area (Å²) in [5.41, 5.74) is 1.37. The number of unbranched alkanes of at least 4 members (excludes halogenated alkanes) is 1. The Balaban J connectivity index is 2.12. The fourth-order valence-corrected chi connectivity index (χ4v) is 1.79. The summed E-state index contributed by atoms with van der Waals surface area (Å²) in [5.74, 6) is 1.57. The zero-order chi connectivity index (χ0) is 13.2. The first-order valence-electron chi connectivity index (χ1n) is 7.17. The Morgan fingerprint density at radius 2 is 1.78 bits per heavy atom. The molecule has 0 saturated heterocycles. The molecule has 0 amide bonds. The summed E-state index contributed by atoms with van der Waals surface area (Å²) in [6.07, 6.45) is 3.51. The van der Waals surface area contributed by atoms with Gasteiger partial charge < -0.3 is 10.1 Å². The molecular weight excluding hydrogens is 222 g/mol. The predicted octanol–water partition coefficient (Wildman–Crippen LogP) is 3.97. The van der Waals surface area contributed by atoms with Crippen molar-refractivity contribution in [1.82, 2.24) is 5.32 Å². The molecule has 0 heterocycles. The van der Waals surface area contributed by atoms with Gasteiger partial charge in [-0.25, -0.2) is 0 Å². The first-order chi connectivity index (χ1) is 8.74. The van der Waals surface area contributed by atoms with Gasteiger partial charge in [0.2, 0.25) is 0 Å². The molecule has 0 spiro atoms. The van der Waals surface area contributed by atoms with Gasteiger partial charge in [-0.1, -0.05) is 32.9 Å². The lowest BCUT2D eigenvalue weighted by atomic mass is 10.0. The molecule has 2 heteroatoms. The van der Waals surface area contributed by atoms with E-state index < -0.39 is 0 Å². The minimum atomic E-state index is 0.587. The molecule has 0 atom stereocenters. The van der Waals surface area contributed by atoms with E-state index in [-0.39, 0.29) is 0 Å². The van der Waals surface area contributed by atoms with Gasteiger partial charge in [-0.3, -0.25) is 0 Å². The van der Waals surface area contributed by atoms with Crippen molar-refractivity contribution >= 4 is 0 Å². The van der Waals surface area contributed by atoms with Crippen molar-refractivity contribution in [3.05, 3.63) is 29.8 Å². The highest BCUT2D eigenvalue weighted by Crippen LogP contribution is 2.18. The summed E-state index contributed by atoms with van der Waals surface area (Å²) < 4.78 is 5.72. The van der Waals surface area contributed by atoms with Crippen LogP contribution in [0.3, 0.4) is 0 Å². The fraction of sp³-hybridized carbons (Fsp3) is 0.625. The van der Waals surface area contributed by atoms with Crippen molar-refractivity contribution in [3.63, 3.8) is 0 Å². The van der Waals surface area contributed by atoms with Crippen molar-refractivity contribution in [1.29, 1.82) is 0 Å². The topological polar surface area (TPSA) is 21.3 Å². The van der Waals surface area contributed by atoms with Gasteiger partial charge in [0, 0.05) is 0 Å². The van der Waals surface area contributed by atoms with Crippen LogP contribution >= 0.6 is 0 Å². The van der Waals surface area contributed by atoms with Crippen LogP contribution in [0, 0.1) is 0 Å². The zero-order valence-electron chi connectivity index (χ0n) is 12.0. The van der Waals surface area contributed by atoms with Gasteiger partial charge >= 0.3 is 0 Å². The summed E-state index contributed by atoms with van der Waals surface area (Å²) in [5, 5.41) is 3.40. The second-order valence-electron chi connectivity index (χ2n) is 5.03. The van der Waals surface area contributed by atoms with Crippen LogP contribution in [0.15, 0.2) is 24.3 Å². The second-order valence-corrected chi connectivity index (χ2v) is 5.03. The molecular formula is C16H27NO. The number of nitrogens with one attached hydrogen (secondary N) is 1. The Kier molecular flexibility index (Phi) is 7.51. The molecule has 1 rings (SSSR count). The lowest BCUT2D eigenvalue weighted by Gasteiger charge is -2.09. The molecule has 0 aliphatic heterocycles. The van der Waals surface area contributed by atoms with E-state index in [0.29, 0.717) is 5.92 Å². The first kappa shape index (κ1) is 15.0. The summed E-state index contributed by atoms with van der Waals surface area (Å²) in [6, 6.07) is 8.46. The summed E-state index contributed by atoms with van der Waals surface area (Å²) in [6.45, 7) is 9.64. The van der Waals surface area contributed by atoms with E-state index in [4.69, 9.17) is 4.74 Å². The van der Waals surface area contributed by atoms with Gasteiger partial charge in [-0.05, 0) is 56.0 Å². The average molecular weight is 249 g/mol. The van der Waals surface area contributed by atoms with E-state index in [2.05, 4.69) is 50.4 Å². The Labute approximate surface area is 112 Å². The molecule has 0 aliphatic carbocycles. The van der Waals surface area contributed by atoms with Crippen LogP contribution < -0.4 is 10.1 Å². The highest BCUT2D eigenvalue weighted by atomic mass is 16.5. The molecule has 1 aromatic rings. The van der Waals surface area contributed by atoms with Gasteiger partial charge in [-0.2, -0.15) is 0 Å². The van der Waals surface area contributed by atoms with Gasteiger partial charge in [0.05, 0.1) is 6.61 Å². The normalized spacial score (nSPS) is 10.9. The third-order valence-corrected chi connectivity index (χ3v) is 2.99. The third-order valence-electron chi connectivity index (χ3n) is 2.99. The Morgan fingerprint density at radius 1 is 1.06 bits per heavy atom. The average Bonchev–Trinajstić information content (AvgIpc) is 2.38. The van der Waals surface area contributed by atoms with Gasteiger partial charge in [-0.15, -0.1) is 0 Å². The van der Waals surface area contributed by atoms with Gasteiger partial charge in [0.15, 0.2) is 0 Å². The Morgan fingerprint density at radius 3 is 2.39 bits per heavy atom. The van der Waals surface area contributed by atoms with Crippen LogP contribution in [0.5, 0.6) is 5.75 Å². The van der Waals surface area contributed by atoms with E-state index in [0.717, 1.165) is 31.9 Å². The van der Waals surface area contributed by atoms with E-state index >= 15 is 0 Å². The maximum Gasteiger partial charge on any atom is 0.119 e. The molecule has 0 radical (unpaired) electrons. The van der Waals surface area contributed by atoms with Crippen molar-refractivity contribution in [2.24, 2.45) is 0 Å². The van der Waals surface area contributed by atoms with Crippen molar-refractivity contribution < 1.29 is 4.74 Å². The minimum absolute atomic E-state index is 0.587. The fourth-order valence-electron chi connectivity index (χ4n) is 1.79. The molecule has 1 aromatic carbocycles. The van der Waals surface area contributed by atoms with Crippen LogP contribution in [0.1, 0.15) is 51.5 Å². The van der Waals surface area contributed by atoms with Crippen molar-refractivity contribution in [3.8, 4) is 5.75 Å². The zero-order valence-corrected chi connectivity index (χ0v) is 12.0. The summed E-state index contributed by atoms with van der Waals surface area (Å²) in [7, 11) is 0.